The number of hydrogen-bond acceptors (Lipinski definition) is 2. The SMILES string of the molecule is CNC1CCC(N)C(C)C1. The molecule has 0 aromatic carbocycles. The van der Waals surface area contributed by atoms with Crippen LogP contribution >= 0.6 is 0 Å². The van der Waals surface area contributed by atoms with Crippen LogP contribution in [0.25, 0.3) is 0 Å². The van der Waals surface area contributed by atoms with E-state index in [1.807, 2.05) is 7.05 Å². The van der Waals surface area contributed by atoms with Gasteiger partial charge < -0.3 is 11.1 Å². The Labute approximate surface area is 63.2 Å². The fourth-order valence-corrected chi connectivity index (χ4v) is 1.68. The van der Waals surface area contributed by atoms with Gasteiger partial charge in [0.15, 0.2) is 0 Å². The maximum atomic E-state index is 5.87. The first kappa shape index (κ1) is 8.02. The second-order valence-electron chi connectivity index (χ2n) is 3.44. The smallest absolute Gasteiger partial charge is 0.00677 e. The van der Waals surface area contributed by atoms with Crippen LogP contribution in [0.15, 0.2) is 0 Å². The second-order valence-corrected chi connectivity index (χ2v) is 3.44. The predicted octanol–water partition coefficient (Wildman–Crippen LogP) is 0.722. The third-order valence-electron chi connectivity index (χ3n) is 2.64. The molecule has 0 heterocycles. The van der Waals surface area contributed by atoms with Gasteiger partial charge in [-0.1, -0.05) is 6.92 Å². The van der Waals surface area contributed by atoms with Gasteiger partial charge in [-0.05, 0) is 32.2 Å². The average molecular weight is 142 g/mol. The van der Waals surface area contributed by atoms with E-state index in [9.17, 15) is 0 Å². The van der Waals surface area contributed by atoms with Gasteiger partial charge >= 0.3 is 0 Å². The van der Waals surface area contributed by atoms with Crippen LogP contribution in [0.3, 0.4) is 0 Å². The lowest BCUT2D eigenvalue weighted by atomic mass is 9.83. The monoisotopic (exact) mass is 142 g/mol. The summed E-state index contributed by atoms with van der Waals surface area (Å²) in [6.07, 6.45) is 3.69. The van der Waals surface area contributed by atoms with E-state index in [1.165, 1.54) is 19.3 Å². The van der Waals surface area contributed by atoms with Crippen molar-refractivity contribution in [1.29, 1.82) is 0 Å². The summed E-state index contributed by atoms with van der Waals surface area (Å²) in [7, 11) is 2.04. The van der Waals surface area contributed by atoms with Crippen molar-refractivity contribution in [2.24, 2.45) is 11.7 Å². The highest BCUT2D eigenvalue weighted by Crippen LogP contribution is 2.22. The summed E-state index contributed by atoms with van der Waals surface area (Å²) in [4.78, 5) is 0. The van der Waals surface area contributed by atoms with Crippen molar-refractivity contribution in [2.75, 3.05) is 7.05 Å². The zero-order valence-corrected chi connectivity index (χ0v) is 6.93. The molecule has 2 nitrogen and oxygen atoms in total. The molecule has 0 aromatic heterocycles. The van der Waals surface area contributed by atoms with E-state index < -0.39 is 0 Å². The molecular weight excluding hydrogens is 124 g/mol. The highest BCUT2D eigenvalue weighted by atomic mass is 14.9. The van der Waals surface area contributed by atoms with E-state index in [1.54, 1.807) is 0 Å². The van der Waals surface area contributed by atoms with E-state index in [4.69, 9.17) is 5.73 Å². The van der Waals surface area contributed by atoms with Crippen LogP contribution < -0.4 is 11.1 Å². The number of nitrogens with one attached hydrogen (secondary N) is 1. The largest absolute Gasteiger partial charge is 0.327 e. The molecule has 1 aliphatic carbocycles. The van der Waals surface area contributed by atoms with Crippen molar-refractivity contribution in [3.8, 4) is 0 Å². The molecular formula is C8H18N2. The first-order valence-electron chi connectivity index (χ1n) is 4.17. The van der Waals surface area contributed by atoms with E-state index in [2.05, 4.69) is 12.2 Å². The molecule has 1 fully saturated rings. The Morgan fingerprint density at radius 2 is 2.10 bits per heavy atom. The quantitative estimate of drug-likeness (QED) is 0.566. The van der Waals surface area contributed by atoms with E-state index >= 15 is 0 Å². The van der Waals surface area contributed by atoms with Crippen LogP contribution in [-0.2, 0) is 0 Å². The van der Waals surface area contributed by atoms with E-state index in [0.29, 0.717) is 12.0 Å². The minimum Gasteiger partial charge on any atom is -0.327 e. The van der Waals surface area contributed by atoms with Crippen LogP contribution in [0.2, 0.25) is 0 Å². The molecule has 0 saturated heterocycles. The standard InChI is InChI=1S/C8H18N2/c1-6-5-7(10-2)3-4-8(6)9/h6-8,10H,3-5,9H2,1-2H3. The van der Waals surface area contributed by atoms with Gasteiger partial charge in [-0.15, -0.1) is 0 Å². The maximum Gasteiger partial charge on any atom is 0.00677 e. The molecule has 0 aromatic rings. The van der Waals surface area contributed by atoms with Crippen LogP contribution in [0.1, 0.15) is 26.2 Å². The molecule has 1 aliphatic rings. The summed E-state index contributed by atoms with van der Waals surface area (Å²) in [5, 5.41) is 3.30. The Morgan fingerprint density at radius 3 is 2.60 bits per heavy atom. The van der Waals surface area contributed by atoms with Gasteiger partial charge in [-0.25, -0.2) is 0 Å². The number of hydrogen-bond donors (Lipinski definition) is 2. The molecule has 10 heavy (non-hydrogen) atoms. The lowest BCUT2D eigenvalue weighted by molar-refractivity contribution is 0.276. The molecule has 0 spiro atoms. The normalized spacial score (nSPS) is 41.7. The summed E-state index contributed by atoms with van der Waals surface area (Å²) in [6, 6.07) is 1.17. The van der Waals surface area contributed by atoms with Crippen molar-refractivity contribution in [3.63, 3.8) is 0 Å². The molecule has 3 N–H and O–H groups in total. The molecule has 1 rings (SSSR count). The predicted molar refractivity (Wildman–Crippen MR) is 43.8 cm³/mol. The van der Waals surface area contributed by atoms with Crippen molar-refractivity contribution >= 4 is 0 Å². The van der Waals surface area contributed by atoms with Crippen LogP contribution in [0.5, 0.6) is 0 Å². The minimum absolute atomic E-state index is 0.449. The minimum atomic E-state index is 0.449. The third kappa shape index (κ3) is 1.70. The van der Waals surface area contributed by atoms with Gasteiger partial charge in [0.25, 0.3) is 0 Å². The molecule has 0 amide bonds. The van der Waals surface area contributed by atoms with Crippen molar-refractivity contribution in [2.45, 2.75) is 38.3 Å². The Hall–Kier alpha value is -0.0800. The van der Waals surface area contributed by atoms with Gasteiger partial charge in [-0.2, -0.15) is 0 Å². The summed E-state index contributed by atoms with van der Waals surface area (Å²) in [6.45, 7) is 2.24. The molecule has 1 saturated carbocycles. The Morgan fingerprint density at radius 1 is 1.40 bits per heavy atom. The zero-order valence-electron chi connectivity index (χ0n) is 6.93. The fraction of sp³-hybridized carbons (Fsp3) is 1.00. The Balaban J connectivity index is 2.33. The lowest BCUT2D eigenvalue weighted by Gasteiger charge is -2.31. The summed E-state index contributed by atoms with van der Waals surface area (Å²) in [5.74, 6) is 0.700. The Kier molecular flexibility index (Phi) is 2.69. The molecule has 3 unspecified atom stereocenters. The topological polar surface area (TPSA) is 38.0 Å². The van der Waals surface area contributed by atoms with Crippen LogP contribution in [-0.4, -0.2) is 19.1 Å². The maximum absolute atomic E-state index is 5.87. The highest BCUT2D eigenvalue weighted by Gasteiger charge is 2.23. The number of nitrogens with two attached hydrogens (primary N) is 1. The summed E-state index contributed by atoms with van der Waals surface area (Å²) in [5.41, 5.74) is 5.87. The molecule has 0 aliphatic heterocycles. The molecule has 60 valence electrons. The first-order chi connectivity index (χ1) is 4.74. The fourth-order valence-electron chi connectivity index (χ4n) is 1.68. The zero-order chi connectivity index (χ0) is 7.56. The van der Waals surface area contributed by atoms with Crippen molar-refractivity contribution in [3.05, 3.63) is 0 Å². The van der Waals surface area contributed by atoms with Crippen LogP contribution in [0, 0.1) is 5.92 Å². The van der Waals surface area contributed by atoms with Crippen molar-refractivity contribution < 1.29 is 0 Å². The average Bonchev–Trinajstić information content (AvgIpc) is 1.95. The molecule has 0 bridgehead atoms. The lowest BCUT2D eigenvalue weighted by Crippen LogP contribution is -2.41. The van der Waals surface area contributed by atoms with E-state index in [0.717, 1.165) is 6.04 Å². The molecule has 2 heteroatoms. The molecule has 0 radical (unpaired) electrons. The van der Waals surface area contributed by atoms with Gasteiger partial charge in [0.05, 0.1) is 0 Å². The number of rotatable bonds is 1. The first-order valence-corrected chi connectivity index (χ1v) is 4.17. The Bertz CT molecular complexity index is 103. The second kappa shape index (κ2) is 3.35. The molecule has 3 atom stereocenters. The van der Waals surface area contributed by atoms with Gasteiger partial charge in [-0.3, -0.25) is 0 Å². The van der Waals surface area contributed by atoms with Crippen LogP contribution in [0.4, 0.5) is 0 Å². The van der Waals surface area contributed by atoms with E-state index in [-0.39, 0.29) is 0 Å². The highest BCUT2D eigenvalue weighted by molar-refractivity contribution is 4.82. The van der Waals surface area contributed by atoms with Gasteiger partial charge in [0.1, 0.15) is 0 Å². The summed E-state index contributed by atoms with van der Waals surface area (Å²) < 4.78 is 0. The van der Waals surface area contributed by atoms with Gasteiger partial charge in [0.2, 0.25) is 0 Å². The summed E-state index contributed by atoms with van der Waals surface area (Å²) >= 11 is 0. The van der Waals surface area contributed by atoms with Crippen molar-refractivity contribution in [1.82, 2.24) is 5.32 Å². The van der Waals surface area contributed by atoms with Gasteiger partial charge in [0, 0.05) is 12.1 Å². The third-order valence-corrected chi connectivity index (χ3v) is 2.64.